The second-order valence-electron chi connectivity index (χ2n) is 6.49. The Kier molecular flexibility index (Phi) is 6.60. The number of alkyl halides is 3. The minimum Gasteiger partial charge on any atom is -0.326 e. The van der Waals surface area contributed by atoms with Crippen molar-refractivity contribution in [3.8, 4) is 0 Å². The van der Waals surface area contributed by atoms with Crippen molar-refractivity contribution >= 4 is 23.4 Å². The zero-order valence-electron chi connectivity index (χ0n) is 14.4. The van der Waals surface area contributed by atoms with Crippen molar-refractivity contribution in [2.45, 2.75) is 50.1 Å². The summed E-state index contributed by atoms with van der Waals surface area (Å²) in [7, 11) is 0. The minimum atomic E-state index is -4.31. The molecule has 1 N–H and O–H groups in total. The van der Waals surface area contributed by atoms with Gasteiger partial charge >= 0.3 is 6.18 Å². The van der Waals surface area contributed by atoms with Crippen LogP contribution in [0.15, 0.2) is 41.8 Å². The van der Waals surface area contributed by atoms with Crippen LogP contribution in [0.2, 0.25) is 0 Å². The molecule has 1 aliphatic carbocycles. The fourth-order valence-corrected chi connectivity index (χ4v) is 3.75. The number of hydrogen-bond donors (Lipinski definition) is 1. The Labute approximate surface area is 151 Å². The second-order valence-corrected chi connectivity index (χ2v) is 7.58. The summed E-state index contributed by atoms with van der Waals surface area (Å²) in [5.41, 5.74) is -0.750. The van der Waals surface area contributed by atoms with Crippen molar-refractivity contribution < 1.29 is 18.0 Å². The van der Waals surface area contributed by atoms with E-state index in [1.165, 1.54) is 0 Å². The molecule has 1 amide bonds. The SMILES string of the molecule is C=CCSc1ccc(NC(=O)C2(CCCCC)CC2C(F)(F)F)cc1. The normalized spacial score (nSPS) is 22.5. The van der Waals surface area contributed by atoms with E-state index in [1.54, 1.807) is 30.0 Å². The maximum Gasteiger partial charge on any atom is 0.392 e. The molecule has 1 aromatic rings. The Hall–Kier alpha value is -1.43. The lowest BCUT2D eigenvalue weighted by molar-refractivity contribution is -0.160. The summed E-state index contributed by atoms with van der Waals surface area (Å²) in [5.74, 6) is -1.24. The van der Waals surface area contributed by atoms with Crippen LogP contribution in [-0.2, 0) is 4.79 Å². The van der Waals surface area contributed by atoms with E-state index < -0.39 is 23.4 Å². The largest absolute Gasteiger partial charge is 0.392 e. The van der Waals surface area contributed by atoms with Crippen molar-refractivity contribution in [1.29, 1.82) is 0 Å². The smallest absolute Gasteiger partial charge is 0.326 e. The summed E-state index contributed by atoms with van der Waals surface area (Å²) in [5, 5.41) is 2.69. The number of anilines is 1. The van der Waals surface area contributed by atoms with Gasteiger partial charge < -0.3 is 5.32 Å². The first-order valence-electron chi connectivity index (χ1n) is 8.55. The fraction of sp³-hybridized carbons (Fsp3) is 0.526. The molecule has 1 fully saturated rings. The molecule has 1 aromatic carbocycles. The highest BCUT2D eigenvalue weighted by atomic mass is 32.2. The molecule has 2 unspecified atom stereocenters. The average Bonchev–Trinajstić information content (AvgIpc) is 3.31. The van der Waals surface area contributed by atoms with Crippen LogP contribution in [-0.4, -0.2) is 17.8 Å². The van der Waals surface area contributed by atoms with Crippen LogP contribution in [0.1, 0.15) is 39.0 Å². The van der Waals surface area contributed by atoms with Crippen molar-refractivity contribution in [3.63, 3.8) is 0 Å². The molecule has 0 heterocycles. The summed E-state index contributed by atoms with van der Waals surface area (Å²) in [4.78, 5) is 13.6. The maximum absolute atomic E-state index is 13.1. The zero-order chi connectivity index (χ0) is 18.5. The van der Waals surface area contributed by atoms with Gasteiger partial charge in [-0.15, -0.1) is 18.3 Å². The zero-order valence-corrected chi connectivity index (χ0v) is 15.2. The van der Waals surface area contributed by atoms with Crippen LogP contribution in [0, 0.1) is 11.3 Å². The van der Waals surface area contributed by atoms with Crippen LogP contribution in [0.4, 0.5) is 18.9 Å². The molecule has 0 saturated heterocycles. The van der Waals surface area contributed by atoms with E-state index in [0.29, 0.717) is 18.5 Å². The van der Waals surface area contributed by atoms with Gasteiger partial charge in [-0.3, -0.25) is 4.79 Å². The molecular weight excluding hydrogens is 347 g/mol. The Bertz CT molecular complexity index is 600. The highest BCUT2D eigenvalue weighted by molar-refractivity contribution is 7.99. The molecule has 0 spiro atoms. The number of benzene rings is 1. The van der Waals surface area contributed by atoms with Gasteiger partial charge in [-0.2, -0.15) is 13.2 Å². The van der Waals surface area contributed by atoms with E-state index in [0.717, 1.165) is 23.5 Å². The van der Waals surface area contributed by atoms with E-state index in [-0.39, 0.29) is 6.42 Å². The first-order valence-corrected chi connectivity index (χ1v) is 9.54. The van der Waals surface area contributed by atoms with Crippen LogP contribution in [0.5, 0.6) is 0 Å². The standard InChI is InChI=1S/C19H24F3NOS/c1-3-5-6-11-18(13-16(18)19(20,21)22)17(24)23-14-7-9-15(10-8-14)25-12-4-2/h4,7-10,16H,2-3,5-6,11-13H2,1H3,(H,23,24). The monoisotopic (exact) mass is 371 g/mol. The first-order chi connectivity index (χ1) is 11.8. The molecule has 2 atom stereocenters. The third kappa shape index (κ3) is 5.03. The third-order valence-electron chi connectivity index (χ3n) is 4.63. The van der Waals surface area contributed by atoms with Gasteiger partial charge in [-0.05, 0) is 37.1 Å². The number of thioether (sulfide) groups is 1. The molecule has 6 heteroatoms. The van der Waals surface area contributed by atoms with Crippen molar-refractivity contribution in [3.05, 3.63) is 36.9 Å². The highest BCUT2D eigenvalue weighted by Crippen LogP contribution is 2.63. The Morgan fingerprint density at radius 2 is 2.04 bits per heavy atom. The lowest BCUT2D eigenvalue weighted by Gasteiger charge is -2.19. The topological polar surface area (TPSA) is 29.1 Å². The Morgan fingerprint density at radius 3 is 2.56 bits per heavy atom. The number of hydrogen-bond acceptors (Lipinski definition) is 2. The Balaban J connectivity index is 2.03. The second kappa shape index (κ2) is 8.30. The highest BCUT2D eigenvalue weighted by Gasteiger charge is 2.69. The molecule has 25 heavy (non-hydrogen) atoms. The summed E-state index contributed by atoms with van der Waals surface area (Å²) in [6, 6.07) is 7.16. The molecule has 0 radical (unpaired) electrons. The predicted molar refractivity (Wildman–Crippen MR) is 96.7 cm³/mol. The number of rotatable bonds is 9. The number of halogens is 3. The fourth-order valence-electron chi connectivity index (χ4n) is 3.11. The van der Waals surface area contributed by atoms with E-state index >= 15 is 0 Å². The number of carbonyl (C=O) groups is 1. The summed E-state index contributed by atoms with van der Waals surface area (Å²) < 4.78 is 39.4. The van der Waals surface area contributed by atoms with E-state index in [4.69, 9.17) is 0 Å². The van der Waals surface area contributed by atoms with Gasteiger partial charge in [0.25, 0.3) is 0 Å². The quantitative estimate of drug-likeness (QED) is 0.325. The molecule has 2 rings (SSSR count). The van der Waals surface area contributed by atoms with Crippen LogP contribution < -0.4 is 5.32 Å². The maximum atomic E-state index is 13.1. The molecule has 0 bridgehead atoms. The summed E-state index contributed by atoms with van der Waals surface area (Å²) >= 11 is 1.60. The molecule has 2 nitrogen and oxygen atoms in total. The van der Waals surface area contributed by atoms with Gasteiger partial charge in [0, 0.05) is 16.3 Å². The molecule has 0 aromatic heterocycles. The van der Waals surface area contributed by atoms with Crippen molar-refractivity contribution in [1.82, 2.24) is 0 Å². The number of amides is 1. The van der Waals surface area contributed by atoms with E-state index in [1.807, 2.05) is 19.1 Å². The van der Waals surface area contributed by atoms with Crippen LogP contribution in [0.25, 0.3) is 0 Å². The number of nitrogens with one attached hydrogen (secondary N) is 1. The molecular formula is C19H24F3NOS. The van der Waals surface area contributed by atoms with Crippen LogP contribution >= 0.6 is 11.8 Å². The van der Waals surface area contributed by atoms with Gasteiger partial charge in [0.1, 0.15) is 0 Å². The number of carbonyl (C=O) groups excluding carboxylic acids is 1. The van der Waals surface area contributed by atoms with E-state index in [2.05, 4.69) is 11.9 Å². The van der Waals surface area contributed by atoms with Crippen molar-refractivity contribution in [2.75, 3.05) is 11.1 Å². The lowest BCUT2D eigenvalue weighted by Crippen LogP contribution is -2.30. The summed E-state index contributed by atoms with van der Waals surface area (Å²) in [6.45, 7) is 5.65. The molecule has 0 aliphatic heterocycles. The van der Waals surface area contributed by atoms with E-state index in [9.17, 15) is 18.0 Å². The van der Waals surface area contributed by atoms with Gasteiger partial charge in [0.2, 0.25) is 5.91 Å². The molecule has 138 valence electrons. The van der Waals surface area contributed by atoms with Crippen molar-refractivity contribution in [2.24, 2.45) is 11.3 Å². The first kappa shape index (κ1) is 19.9. The van der Waals surface area contributed by atoms with Crippen LogP contribution in [0.3, 0.4) is 0 Å². The van der Waals surface area contributed by atoms with Gasteiger partial charge in [0.05, 0.1) is 11.3 Å². The predicted octanol–water partition coefficient (Wildman–Crippen LogP) is 6.05. The average molecular weight is 371 g/mol. The summed E-state index contributed by atoms with van der Waals surface area (Å²) in [6.07, 6.45) is 0.0869. The Morgan fingerprint density at radius 1 is 1.36 bits per heavy atom. The third-order valence-corrected chi connectivity index (χ3v) is 5.64. The number of unbranched alkanes of at least 4 members (excludes halogenated alkanes) is 2. The van der Waals surface area contributed by atoms with Gasteiger partial charge in [0.15, 0.2) is 0 Å². The van der Waals surface area contributed by atoms with Gasteiger partial charge in [-0.25, -0.2) is 0 Å². The van der Waals surface area contributed by atoms with Gasteiger partial charge in [-0.1, -0.05) is 32.3 Å². The lowest BCUT2D eigenvalue weighted by atomic mass is 9.94. The minimum absolute atomic E-state index is 0.0979. The molecule has 1 aliphatic rings. The molecule has 1 saturated carbocycles.